The minimum Gasteiger partial charge on any atom is -0.480 e. The van der Waals surface area contributed by atoms with Crippen LogP contribution in [0, 0.1) is 5.92 Å². The molecule has 0 spiro atoms. The number of carbonyl (C=O) groups is 2. The van der Waals surface area contributed by atoms with Crippen molar-refractivity contribution < 1.29 is 19.4 Å². The fourth-order valence-corrected chi connectivity index (χ4v) is 2.17. The molecule has 2 N–H and O–H groups in total. The van der Waals surface area contributed by atoms with Gasteiger partial charge in [0.15, 0.2) is 6.61 Å². The molecule has 0 unspecified atom stereocenters. The van der Waals surface area contributed by atoms with Crippen LogP contribution in [0.25, 0.3) is 0 Å². The first-order chi connectivity index (χ1) is 10.1. The third-order valence-electron chi connectivity index (χ3n) is 3.14. The molecule has 1 aromatic carbocycles. The van der Waals surface area contributed by atoms with Gasteiger partial charge in [-0.15, -0.1) is 0 Å². The van der Waals surface area contributed by atoms with E-state index >= 15 is 0 Å². The molecule has 5 heteroatoms. The molecule has 116 valence electrons. The van der Waals surface area contributed by atoms with Gasteiger partial charge in [0.05, 0.1) is 5.69 Å². The number of carboxylic acids is 1. The van der Waals surface area contributed by atoms with Gasteiger partial charge in [0.2, 0.25) is 5.91 Å². The summed E-state index contributed by atoms with van der Waals surface area (Å²) in [5, 5.41) is 11.5. The molecular formula is C16H23NO4. The van der Waals surface area contributed by atoms with Crippen LogP contribution in [0.3, 0.4) is 0 Å². The van der Waals surface area contributed by atoms with E-state index in [9.17, 15) is 9.59 Å². The largest absolute Gasteiger partial charge is 0.480 e. The molecule has 0 aliphatic heterocycles. The van der Waals surface area contributed by atoms with Crippen molar-refractivity contribution in [2.24, 2.45) is 5.92 Å². The summed E-state index contributed by atoms with van der Waals surface area (Å²) < 4.78 is 5.18. The lowest BCUT2D eigenvalue weighted by Crippen LogP contribution is -2.23. The molecule has 0 heterocycles. The predicted molar refractivity (Wildman–Crippen MR) is 81.5 cm³/mol. The normalized spacial score (nSPS) is 10.4. The van der Waals surface area contributed by atoms with Crippen LogP contribution in [0.2, 0.25) is 0 Å². The number of anilines is 1. The van der Waals surface area contributed by atoms with E-state index in [0.29, 0.717) is 11.4 Å². The second-order valence-electron chi connectivity index (χ2n) is 4.94. The number of hydrogen-bond acceptors (Lipinski definition) is 3. The highest BCUT2D eigenvalue weighted by Gasteiger charge is 2.18. The minimum atomic E-state index is -1.05. The number of benzene rings is 1. The summed E-state index contributed by atoms with van der Waals surface area (Å²) >= 11 is 0. The van der Waals surface area contributed by atoms with Gasteiger partial charge >= 0.3 is 5.97 Å². The summed E-state index contributed by atoms with van der Waals surface area (Å²) in [5.74, 6) is -0.733. The third-order valence-corrected chi connectivity index (χ3v) is 3.14. The van der Waals surface area contributed by atoms with Crippen molar-refractivity contribution in [1.29, 1.82) is 0 Å². The average molecular weight is 293 g/mol. The monoisotopic (exact) mass is 293 g/mol. The number of para-hydroxylation sites is 2. The fraction of sp³-hybridized carbons (Fsp3) is 0.500. The third kappa shape index (κ3) is 5.85. The van der Waals surface area contributed by atoms with Crippen molar-refractivity contribution >= 4 is 17.6 Å². The number of hydrogen-bond donors (Lipinski definition) is 2. The zero-order chi connectivity index (χ0) is 15.7. The van der Waals surface area contributed by atoms with Crippen LogP contribution in [0.5, 0.6) is 5.75 Å². The topological polar surface area (TPSA) is 75.6 Å². The number of rotatable bonds is 9. The van der Waals surface area contributed by atoms with E-state index in [-0.39, 0.29) is 11.8 Å². The Bertz CT molecular complexity index is 467. The molecule has 5 nitrogen and oxygen atoms in total. The predicted octanol–water partition coefficient (Wildman–Crippen LogP) is 3.30. The Kier molecular flexibility index (Phi) is 7.29. The Morgan fingerprint density at radius 2 is 1.81 bits per heavy atom. The Hall–Kier alpha value is -2.04. The molecular weight excluding hydrogens is 270 g/mol. The number of aliphatic carboxylic acids is 1. The van der Waals surface area contributed by atoms with Crippen molar-refractivity contribution in [2.45, 2.75) is 39.5 Å². The van der Waals surface area contributed by atoms with Gasteiger partial charge in [-0.1, -0.05) is 38.8 Å². The standard InChI is InChI=1S/C16H23NO4/c1-3-7-12(8-4-2)16(20)17-13-9-5-6-10-14(13)21-11-15(18)19/h5-6,9-10,12H,3-4,7-8,11H2,1-2H3,(H,17,20)(H,18,19). The van der Waals surface area contributed by atoms with E-state index in [2.05, 4.69) is 19.2 Å². The number of carboxylic acid groups (broad SMARTS) is 1. The second-order valence-corrected chi connectivity index (χ2v) is 4.94. The lowest BCUT2D eigenvalue weighted by atomic mass is 9.97. The maximum atomic E-state index is 12.3. The molecule has 1 aromatic rings. The summed E-state index contributed by atoms with van der Waals surface area (Å²) in [6, 6.07) is 6.87. The van der Waals surface area contributed by atoms with Crippen LogP contribution in [0.15, 0.2) is 24.3 Å². The maximum absolute atomic E-state index is 12.3. The fourth-order valence-electron chi connectivity index (χ4n) is 2.17. The number of carbonyl (C=O) groups excluding carboxylic acids is 1. The van der Waals surface area contributed by atoms with Crippen LogP contribution >= 0.6 is 0 Å². The number of nitrogens with one attached hydrogen (secondary N) is 1. The van der Waals surface area contributed by atoms with Gasteiger partial charge in [-0.25, -0.2) is 4.79 Å². The molecule has 0 aromatic heterocycles. The molecule has 1 rings (SSSR count). The Morgan fingerprint density at radius 3 is 2.38 bits per heavy atom. The van der Waals surface area contributed by atoms with Crippen LogP contribution in [-0.2, 0) is 9.59 Å². The van der Waals surface area contributed by atoms with Crippen LogP contribution in [0.4, 0.5) is 5.69 Å². The molecule has 0 radical (unpaired) electrons. The van der Waals surface area contributed by atoms with Gasteiger partial charge in [0.25, 0.3) is 0 Å². The van der Waals surface area contributed by atoms with Crippen LogP contribution in [0.1, 0.15) is 39.5 Å². The summed E-state index contributed by atoms with van der Waals surface area (Å²) in [5.41, 5.74) is 0.515. The van der Waals surface area contributed by atoms with Crippen molar-refractivity contribution in [3.8, 4) is 5.75 Å². The van der Waals surface area contributed by atoms with Crippen LogP contribution < -0.4 is 10.1 Å². The highest BCUT2D eigenvalue weighted by molar-refractivity contribution is 5.94. The SMILES string of the molecule is CCCC(CCC)C(=O)Nc1ccccc1OCC(=O)O. The van der Waals surface area contributed by atoms with E-state index in [1.807, 2.05) is 0 Å². The highest BCUT2D eigenvalue weighted by Crippen LogP contribution is 2.25. The van der Waals surface area contributed by atoms with E-state index in [4.69, 9.17) is 9.84 Å². The molecule has 21 heavy (non-hydrogen) atoms. The maximum Gasteiger partial charge on any atom is 0.341 e. The van der Waals surface area contributed by atoms with Gasteiger partial charge in [0.1, 0.15) is 5.75 Å². The molecule has 0 bridgehead atoms. The van der Waals surface area contributed by atoms with E-state index in [1.54, 1.807) is 24.3 Å². The lowest BCUT2D eigenvalue weighted by molar-refractivity contribution is -0.139. The molecule has 0 saturated heterocycles. The molecule has 0 atom stereocenters. The number of amides is 1. The summed E-state index contributed by atoms with van der Waals surface area (Å²) in [6.45, 7) is 3.68. The molecule has 0 aliphatic rings. The minimum absolute atomic E-state index is 0.0208. The highest BCUT2D eigenvalue weighted by atomic mass is 16.5. The Morgan fingerprint density at radius 1 is 1.19 bits per heavy atom. The average Bonchev–Trinajstić information content (AvgIpc) is 2.46. The van der Waals surface area contributed by atoms with Crippen molar-refractivity contribution in [1.82, 2.24) is 0 Å². The van der Waals surface area contributed by atoms with Gasteiger partial charge in [-0.05, 0) is 25.0 Å². The summed E-state index contributed by atoms with van der Waals surface area (Å²) in [6.07, 6.45) is 3.60. The van der Waals surface area contributed by atoms with E-state index in [1.165, 1.54) is 0 Å². The van der Waals surface area contributed by atoms with Gasteiger partial charge in [-0.2, -0.15) is 0 Å². The van der Waals surface area contributed by atoms with Crippen LogP contribution in [-0.4, -0.2) is 23.6 Å². The van der Waals surface area contributed by atoms with Gasteiger partial charge in [-0.3, -0.25) is 4.79 Å². The second kappa shape index (κ2) is 9.00. The Balaban J connectivity index is 2.76. The first kappa shape index (κ1) is 17.0. The van der Waals surface area contributed by atoms with Crippen molar-refractivity contribution in [2.75, 3.05) is 11.9 Å². The smallest absolute Gasteiger partial charge is 0.341 e. The first-order valence-corrected chi connectivity index (χ1v) is 7.32. The molecule has 0 aliphatic carbocycles. The zero-order valence-electron chi connectivity index (χ0n) is 12.6. The first-order valence-electron chi connectivity index (χ1n) is 7.32. The van der Waals surface area contributed by atoms with E-state index < -0.39 is 12.6 Å². The van der Waals surface area contributed by atoms with Crippen molar-refractivity contribution in [3.05, 3.63) is 24.3 Å². The van der Waals surface area contributed by atoms with Gasteiger partial charge < -0.3 is 15.2 Å². The summed E-state index contributed by atoms with van der Waals surface area (Å²) in [7, 11) is 0. The molecule has 1 amide bonds. The van der Waals surface area contributed by atoms with Crippen molar-refractivity contribution in [3.63, 3.8) is 0 Å². The molecule has 0 fully saturated rings. The summed E-state index contributed by atoms with van der Waals surface area (Å²) in [4.78, 5) is 22.9. The van der Waals surface area contributed by atoms with Gasteiger partial charge in [0, 0.05) is 5.92 Å². The quantitative estimate of drug-likeness (QED) is 0.732. The van der Waals surface area contributed by atoms with E-state index in [0.717, 1.165) is 25.7 Å². The molecule has 0 saturated carbocycles. The number of ether oxygens (including phenoxy) is 1. The zero-order valence-corrected chi connectivity index (χ0v) is 12.6. The lowest BCUT2D eigenvalue weighted by Gasteiger charge is -2.17. The Labute approximate surface area is 125 Å².